The summed E-state index contributed by atoms with van der Waals surface area (Å²) in [4.78, 5) is 14.8. The molecule has 0 bridgehead atoms. The van der Waals surface area contributed by atoms with Gasteiger partial charge in [0.05, 0.1) is 12.2 Å². The van der Waals surface area contributed by atoms with Crippen molar-refractivity contribution >= 4 is 11.7 Å². The standard InChI is InChI=1S/C20H27N5O3/c1-24-14-21-23-19(24)15-6-8-16(9-7-15)22-20(26)25(12-17-4-2-10-27-17)13-18-5-3-11-28-18/h6-9,14,17-18H,2-5,10-13H2,1H3,(H,22,26). The molecule has 2 aromatic rings. The van der Waals surface area contributed by atoms with Crippen LogP contribution in [0, 0.1) is 0 Å². The number of benzene rings is 1. The van der Waals surface area contributed by atoms with Gasteiger partial charge in [-0.15, -0.1) is 10.2 Å². The number of rotatable bonds is 6. The Hall–Kier alpha value is -2.45. The number of hydrogen-bond donors (Lipinski definition) is 1. The number of urea groups is 1. The van der Waals surface area contributed by atoms with Crippen LogP contribution in [0.5, 0.6) is 0 Å². The fourth-order valence-corrected chi connectivity index (χ4v) is 3.76. The van der Waals surface area contributed by atoms with Crippen molar-refractivity contribution in [2.75, 3.05) is 31.6 Å². The van der Waals surface area contributed by atoms with Crippen molar-refractivity contribution in [2.45, 2.75) is 37.9 Å². The summed E-state index contributed by atoms with van der Waals surface area (Å²) in [6.45, 7) is 2.76. The van der Waals surface area contributed by atoms with Crippen molar-refractivity contribution in [1.29, 1.82) is 0 Å². The predicted molar refractivity (Wildman–Crippen MR) is 105 cm³/mol. The summed E-state index contributed by atoms with van der Waals surface area (Å²) in [5.74, 6) is 0.788. The van der Waals surface area contributed by atoms with Crippen LogP contribution in [0.3, 0.4) is 0 Å². The molecule has 8 nitrogen and oxygen atoms in total. The van der Waals surface area contributed by atoms with Gasteiger partial charge in [0.25, 0.3) is 0 Å². The van der Waals surface area contributed by atoms with Crippen molar-refractivity contribution in [2.24, 2.45) is 7.05 Å². The Morgan fingerprint density at radius 2 is 1.79 bits per heavy atom. The van der Waals surface area contributed by atoms with Gasteiger partial charge in [0, 0.05) is 44.6 Å². The number of carbonyl (C=O) groups excluding carboxylic acids is 1. The average Bonchev–Trinajstić information content (AvgIpc) is 3.45. The van der Waals surface area contributed by atoms with E-state index >= 15 is 0 Å². The molecule has 150 valence electrons. The molecule has 2 unspecified atom stereocenters. The maximum Gasteiger partial charge on any atom is 0.322 e. The first kappa shape index (κ1) is 18.9. The van der Waals surface area contributed by atoms with Crippen LogP contribution in [0.25, 0.3) is 11.4 Å². The number of ether oxygens (including phenoxy) is 2. The van der Waals surface area contributed by atoms with Crippen LogP contribution in [-0.4, -0.2) is 64.2 Å². The van der Waals surface area contributed by atoms with Crippen LogP contribution in [0.1, 0.15) is 25.7 Å². The molecular weight excluding hydrogens is 358 g/mol. The maximum atomic E-state index is 12.9. The summed E-state index contributed by atoms with van der Waals surface area (Å²) in [5, 5.41) is 11.0. The molecule has 1 aromatic heterocycles. The van der Waals surface area contributed by atoms with E-state index in [1.165, 1.54) is 0 Å². The lowest BCUT2D eigenvalue weighted by molar-refractivity contribution is 0.0524. The normalized spacial score (nSPS) is 21.8. The Morgan fingerprint density at radius 3 is 2.29 bits per heavy atom. The molecule has 1 aromatic carbocycles. The zero-order valence-corrected chi connectivity index (χ0v) is 16.2. The Labute approximate surface area is 164 Å². The molecule has 2 saturated heterocycles. The molecule has 28 heavy (non-hydrogen) atoms. The minimum absolute atomic E-state index is 0.114. The first-order valence-electron chi connectivity index (χ1n) is 9.92. The van der Waals surface area contributed by atoms with Gasteiger partial charge in [-0.25, -0.2) is 4.79 Å². The minimum atomic E-state index is -0.114. The van der Waals surface area contributed by atoms with Crippen molar-refractivity contribution in [3.63, 3.8) is 0 Å². The highest BCUT2D eigenvalue weighted by Gasteiger charge is 2.27. The second-order valence-electron chi connectivity index (χ2n) is 7.45. The molecule has 2 aliphatic heterocycles. The van der Waals surface area contributed by atoms with Gasteiger partial charge in [-0.1, -0.05) is 0 Å². The molecule has 4 rings (SSSR count). The first-order valence-corrected chi connectivity index (χ1v) is 9.92. The van der Waals surface area contributed by atoms with E-state index < -0.39 is 0 Å². The van der Waals surface area contributed by atoms with Gasteiger partial charge >= 0.3 is 6.03 Å². The largest absolute Gasteiger partial charge is 0.376 e. The molecule has 2 fully saturated rings. The lowest BCUT2D eigenvalue weighted by atomic mass is 10.2. The zero-order chi connectivity index (χ0) is 19.3. The van der Waals surface area contributed by atoms with Crippen molar-refractivity contribution in [1.82, 2.24) is 19.7 Å². The Bertz CT molecular complexity index is 761. The molecule has 8 heteroatoms. The van der Waals surface area contributed by atoms with Gasteiger partial charge < -0.3 is 24.3 Å². The molecule has 2 aliphatic rings. The van der Waals surface area contributed by atoms with E-state index in [0.29, 0.717) is 13.1 Å². The minimum Gasteiger partial charge on any atom is -0.376 e. The third-order valence-corrected chi connectivity index (χ3v) is 5.29. The number of aryl methyl sites for hydroxylation is 1. The molecular formula is C20H27N5O3. The van der Waals surface area contributed by atoms with Crippen LogP contribution in [0.15, 0.2) is 30.6 Å². The van der Waals surface area contributed by atoms with Crippen molar-refractivity contribution in [3.05, 3.63) is 30.6 Å². The number of nitrogens with zero attached hydrogens (tertiary/aromatic N) is 4. The van der Waals surface area contributed by atoms with Crippen molar-refractivity contribution < 1.29 is 14.3 Å². The van der Waals surface area contributed by atoms with Crippen LogP contribution in [-0.2, 0) is 16.5 Å². The van der Waals surface area contributed by atoms with Gasteiger partial charge in [-0.2, -0.15) is 0 Å². The molecule has 0 saturated carbocycles. The fraction of sp³-hybridized carbons (Fsp3) is 0.550. The second kappa shape index (κ2) is 8.70. The number of anilines is 1. The molecule has 3 heterocycles. The molecule has 0 aliphatic carbocycles. The number of carbonyl (C=O) groups is 1. The lowest BCUT2D eigenvalue weighted by Crippen LogP contribution is -2.44. The highest BCUT2D eigenvalue weighted by atomic mass is 16.5. The number of hydrogen-bond acceptors (Lipinski definition) is 5. The summed E-state index contributed by atoms with van der Waals surface area (Å²) < 4.78 is 13.3. The Balaban J connectivity index is 1.41. The van der Waals surface area contributed by atoms with E-state index in [9.17, 15) is 4.79 Å². The van der Waals surface area contributed by atoms with Gasteiger partial charge in [0.15, 0.2) is 5.82 Å². The average molecular weight is 385 g/mol. The third-order valence-electron chi connectivity index (χ3n) is 5.29. The van der Waals surface area contributed by atoms with E-state index in [4.69, 9.17) is 9.47 Å². The quantitative estimate of drug-likeness (QED) is 0.827. The van der Waals surface area contributed by atoms with Crippen LogP contribution in [0.4, 0.5) is 10.5 Å². The van der Waals surface area contributed by atoms with Gasteiger partial charge in [-0.05, 0) is 49.9 Å². The van der Waals surface area contributed by atoms with Gasteiger partial charge in [0.2, 0.25) is 0 Å². The topological polar surface area (TPSA) is 81.5 Å². The number of nitrogens with one attached hydrogen (secondary N) is 1. The first-order chi connectivity index (χ1) is 13.7. The third kappa shape index (κ3) is 4.51. The maximum absolute atomic E-state index is 12.9. The number of amides is 2. The summed E-state index contributed by atoms with van der Waals surface area (Å²) >= 11 is 0. The zero-order valence-electron chi connectivity index (χ0n) is 16.2. The van der Waals surface area contributed by atoms with Crippen LogP contribution < -0.4 is 5.32 Å². The molecule has 1 N–H and O–H groups in total. The van der Waals surface area contributed by atoms with E-state index in [2.05, 4.69) is 15.5 Å². The van der Waals surface area contributed by atoms with E-state index in [1.54, 1.807) is 6.33 Å². The second-order valence-corrected chi connectivity index (χ2v) is 7.45. The monoisotopic (exact) mass is 385 g/mol. The summed E-state index contributed by atoms with van der Waals surface area (Å²) in [5.41, 5.74) is 1.70. The smallest absolute Gasteiger partial charge is 0.322 e. The SMILES string of the molecule is Cn1cnnc1-c1ccc(NC(=O)N(CC2CCCO2)CC2CCCO2)cc1. The summed E-state index contributed by atoms with van der Waals surface area (Å²) in [6.07, 6.45) is 6.02. The lowest BCUT2D eigenvalue weighted by Gasteiger charge is -2.28. The summed E-state index contributed by atoms with van der Waals surface area (Å²) in [6, 6.07) is 7.53. The Kier molecular flexibility index (Phi) is 5.87. The summed E-state index contributed by atoms with van der Waals surface area (Å²) in [7, 11) is 1.90. The van der Waals surface area contributed by atoms with Crippen LogP contribution >= 0.6 is 0 Å². The Morgan fingerprint density at radius 1 is 1.14 bits per heavy atom. The highest BCUT2D eigenvalue weighted by molar-refractivity contribution is 5.89. The molecule has 2 atom stereocenters. The molecule has 2 amide bonds. The molecule has 0 radical (unpaired) electrons. The van der Waals surface area contributed by atoms with Gasteiger partial charge in [0.1, 0.15) is 6.33 Å². The van der Waals surface area contributed by atoms with Gasteiger partial charge in [-0.3, -0.25) is 0 Å². The molecule has 0 spiro atoms. The van der Waals surface area contributed by atoms with Crippen molar-refractivity contribution in [3.8, 4) is 11.4 Å². The van der Waals surface area contributed by atoms with Crippen LogP contribution in [0.2, 0.25) is 0 Å². The highest BCUT2D eigenvalue weighted by Crippen LogP contribution is 2.21. The van der Waals surface area contributed by atoms with E-state index in [1.807, 2.05) is 40.8 Å². The predicted octanol–water partition coefficient (Wildman–Crippen LogP) is 2.67. The fourth-order valence-electron chi connectivity index (χ4n) is 3.76. The van der Waals surface area contributed by atoms with E-state index in [-0.39, 0.29) is 18.2 Å². The number of aromatic nitrogens is 3. The van der Waals surface area contributed by atoms with E-state index in [0.717, 1.165) is 56.0 Å².